The molecule has 2 aromatic carbocycles. The summed E-state index contributed by atoms with van der Waals surface area (Å²) in [5, 5.41) is 10.5. The lowest BCUT2D eigenvalue weighted by molar-refractivity contribution is -0.0128. The van der Waals surface area contributed by atoms with Crippen LogP contribution in [0.1, 0.15) is 11.7 Å². The molecule has 5 heteroatoms. The molecular weight excluding hydrogens is 283 g/mol. The molecule has 0 aliphatic carbocycles. The van der Waals surface area contributed by atoms with Crippen LogP contribution in [0.5, 0.6) is 11.5 Å². The predicted molar refractivity (Wildman–Crippen MR) is 72.7 cm³/mol. The Morgan fingerprint density at radius 1 is 1.20 bits per heavy atom. The molecular formula is C15H12ClFO3. The van der Waals surface area contributed by atoms with Gasteiger partial charge >= 0.3 is 0 Å². The second-order valence-electron chi connectivity index (χ2n) is 4.52. The highest BCUT2D eigenvalue weighted by Gasteiger charge is 2.30. The molecule has 3 rings (SSSR count). The van der Waals surface area contributed by atoms with Crippen molar-refractivity contribution in [2.45, 2.75) is 12.2 Å². The Hall–Kier alpha value is -1.78. The van der Waals surface area contributed by atoms with E-state index in [-0.39, 0.29) is 17.2 Å². The van der Waals surface area contributed by atoms with Gasteiger partial charge in [-0.1, -0.05) is 29.8 Å². The highest BCUT2D eigenvalue weighted by molar-refractivity contribution is 6.30. The highest BCUT2D eigenvalue weighted by atomic mass is 35.5. The largest absolute Gasteiger partial charge is 0.486 e. The van der Waals surface area contributed by atoms with E-state index in [1.54, 1.807) is 18.2 Å². The van der Waals surface area contributed by atoms with Crippen molar-refractivity contribution in [1.82, 2.24) is 0 Å². The molecule has 0 spiro atoms. The van der Waals surface area contributed by atoms with Crippen molar-refractivity contribution in [3.05, 3.63) is 58.9 Å². The van der Waals surface area contributed by atoms with Crippen LogP contribution in [0.2, 0.25) is 5.02 Å². The van der Waals surface area contributed by atoms with Gasteiger partial charge < -0.3 is 14.6 Å². The molecule has 0 saturated carbocycles. The summed E-state index contributed by atoms with van der Waals surface area (Å²) in [7, 11) is 0. The number of aliphatic hydroxyl groups excluding tert-OH is 1. The summed E-state index contributed by atoms with van der Waals surface area (Å²) >= 11 is 5.70. The fraction of sp³-hybridized carbons (Fsp3) is 0.200. The summed E-state index contributed by atoms with van der Waals surface area (Å²) in [5.41, 5.74) is 0.141. The first-order chi connectivity index (χ1) is 9.65. The summed E-state index contributed by atoms with van der Waals surface area (Å²) in [4.78, 5) is 0. The average Bonchev–Trinajstić information content (AvgIpc) is 2.46. The van der Waals surface area contributed by atoms with Gasteiger partial charge in [0, 0.05) is 10.6 Å². The minimum Gasteiger partial charge on any atom is -0.486 e. The maximum Gasteiger partial charge on any atom is 0.163 e. The Morgan fingerprint density at radius 3 is 2.70 bits per heavy atom. The normalized spacial score (nSPS) is 18.6. The molecule has 0 radical (unpaired) electrons. The van der Waals surface area contributed by atoms with Crippen molar-refractivity contribution in [2.24, 2.45) is 0 Å². The number of aliphatic hydroxyl groups is 1. The second kappa shape index (κ2) is 5.31. The molecule has 0 amide bonds. The van der Waals surface area contributed by atoms with Crippen LogP contribution in [-0.4, -0.2) is 17.8 Å². The van der Waals surface area contributed by atoms with E-state index < -0.39 is 18.0 Å². The van der Waals surface area contributed by atoms with Crippen LogP contribution in [0.4, 0.5) is 4.39 Å². The van der Waals surface area contributed by atoms with Crippen LogP contribution < -0.4 is 9.47 Å². The zero-order valence-corrected chi connectivity index (χ0v) is 11.2. The molecule has 3 nitrogen and oxygen atoms in total. The molecule has 20 heavy (non-hydrogen) atoms. The minimum atomic E-state index is -1.12. The lowest BCUT2D eigenvalue weighted by atomic mass is 10.0. The first-order valence-electron chi connectivity index (χ1n) is 6.16. The molecule has 1 aliphatic heterocycles. The Morgan fingerprint density at radius 2 is 1.95 bits per heavy atom. The fourth-order valence-electron chi connectivity index (χ4n) is 2.13. The van der Waals surface area contributed by atoms with Gasteiger partial charge in [-0.05, 0) is 24.3 Å². The van der Waals surface area contributed by atoms with Crippen LogP contribution in [0, 0.1) is 5.82 Å². The van der Waals surface area contributed by atoms with E-state index >= 15 is 0 Å². The van der Waals surface area contributed by atoms with Crippen molar-refractivity contribution in [3.8, 4) is 11.5 Å². The van der Waals surface area contributed by atoms with Gasteiger partial charge in [0.2, 0.25) is 0 Å². The number of para-hydroxylation sites is 2. The van der Waals surface area contributed by atoms with E-state index in [0.717, 1.165) is 6.07 Å². The topological polar surface area (TPSA) is 38.7 Å². The molecule has 0 fully saturated rings. The molecule has 2 unspecified atom stereocenters. The molecule has 104 valence electrons. The number of hydrogen-bond donors (Lipinski definition) is 1. The van der Waals surface area contributed by atoms with Crippen LogP contribution in [0.3, 0.4) is 0 Å². The summed E-state index contributed by atoms with van der Waals surface area (Å²) in [5.74, 6) is 0.595. The number of ether oxygens (including phenoxy) is 2. The predicted octanol–water partition coefficient (Wildman–Crippen LogP) is 3.35. The van der Waals surface area contributed by atoms with Crippen LogP contribution in [0.25, 0.3) is 0 Å². The summed E-state index contributed by atoms with van der Waals surface area (Å²) in [6.45, 7) is 0.153. The first-order valence-corrected chi connectivity index (χ1v) is 6.54. The van der Waals surface area contributed by atoms with E-state index in [0.29, 0.717) is 11.5 Å². The van der Waals surface area contributed by atoms with Gasteiger partial charge in [0.25, 0.3) is 0 Å². The molecule has 1 aliphatic rings. The number of hydrogen-bond acceptors (Lipinski definition) is 3. The first kappa shape index (κ1) is 13.2. The van der Waals surface area contributed by atoms with Gasteiger partial charge in [-0.25, -0.2) is 4.39 Å². The SMILES string of the molecule is OC(c1ccc(Cl)cc1F)C1COc2ccccc2O1. The van der Waals surface area contributed by atoms with Crippen molar-refractivity contribution in [3.63, 3.8) is 0 Å². The standard InChI is InChI=1S/C15H12ClFO3/c16-9-5-6-10(11(17)7-9)15(18)14-8-19-12-3-1-2-4-13(12)20-14/h1-7,14-15,18H,8H2. The van der Waals surface area contributed by atoms with Gasteiger partial charge in [0.15, 0.2) is 17.6 Å². The Kier molecular flexibility index (Phi) is 3.51. The van der Waals surface area contributed by atoms with Crippen molar-refractivity contribution < 1.29 is 19.0 Å². The Bertz CT molecular complexity index is 632. The number of rotatable bonds is 2. The smallest absolute Gasteiger partial charge is 0.163 e. The third kappa shape index (κ3) is 2.44. The molecule has 2 aromatic rings. The number of fused-ring (bicyclic) bond motifs is 1. The quantitative estimate of drug-likeness (QED) is 0.923. The van der Waals surface area contributed by atoms with E-state index in [4.69, 9.17) is 21.1 Å². The lowest BCUT2D eigenvalue weighted by Crippen LogP contribution is -2.35. The number of benzene rings is 2. The average molecular weight is 295 g/mol. The molecule has 0 saturated heterocycles. The summed E-state index contributed by atoms with van der Waals surface area (Å²) in [6, 6.07) is 11.3. The van der Waals surface area contributed by atoms with Crippen molar-refractivity contribution in [2.75, 3.05) is 6.61 Å². The monoisotopic (exact) mass is 294 g/mol. The van der Waals surface area contributed by atoms with Crippen LogP contribution >= 0.6 is 11.6 Å². The van der Waals surface area contributed by atoms with Gasteiger partial charge in [-0.15, -0.1) is 0 Å². The lowest BCUT2D eigenvalue weighted by Gasteiger charge is -2.29. The second-order valence-corrected chi connectivity index (χ2v) is 4.96. The fourth-order valence-corrected chi connectivity index (χ4v) is 2.29. The molecule has 1 N–H and O–H groups in total. The molecule has 0 aromatic heterocycles. The summed E-state index contributed by atoms with van der Waals surface area (Å²) < 4.78 is 25.0. The van der Waals surface area contributed by atoms with E-state index in [9.17, 15) is 9.50 Å². The van der Waals surface area contributed by atoms with Gasteiger partial charge in [-0.2, -0.15) is 0 Å². The zero-order chi connectivity index (χ0) is 14.1. The van der Waals surface area contributed by atoms with Crippen LogP contribution in [-0.2, 0) is 0 Å². The van der Waals surface area contributed by atoms with Gasteiger partial charge in [-0.3, -0.25) is 0 Å². The molecule has 2 atom stereocenters. The van der Waals surface area contributed by atoms with Crippen molar-refractivity contribution >= 4 is 11.6 Å². The molecule has 0 bridgehead atoms. The van der Waals surface area contributed by atoms with E-state index in [1.807, 2.05) is 6.07 Å². The maximum absolute atomic E-state index is 13.8. The summed E-state index contributed by atoms with van der Waals surface area (Å²) in [6.07, 6.45) is -1.79. The minimum absolute atomic E-state index is 0.141. The van der Waals surface area contributed by atoms with E-state index in [1.165, 1.54) is 12.1 Å². The Balaban J connectivity index is 1.84. The van der Waals surface area contributed by atoms with Crippen molar-refractivity contribution in [1.29, 1.82) is 0 Å². The molecule has 1 heterocycles. The number of halogens is 2. The van der Waals surface area contributed by atoms with Gasteiger partial charge in [0.1, 0.15) is 18.5 Å². The van der Waals surface area contributed by atoms with Crippen LogP contribution in [0.15, 0.2) is 42.5 Å². The zero-order valence-electron chi connectivity index (χ0n) is 10.4. The maximum atomic E-state index is 13.8. The highest BCUT2D eigenvalue weighted by Crippen LogP contribution is 2.35. The van der Waals surface area contributed by atoms with Gasteiger partial charge in [0.05, 0.1) is 0 Å². The van der Waals surface area contributed by atoms with E-state index in [2.05, 4.69) is 0 Å². The Labute approximate surface area is 120 Å². The third-order valence-corrected chi connectivity index (χ3v) is 3.40. The third-order valence-electron chi connectivity index (χ3n) is 3.16.